The second-order valence-electron chi connectivity index (χ2n) is 6.96. The van der Waals surface area contributed by atoms with Gasteiger partial charge >= 0.3 is 0 Å². The lowest BCUT2D eigenvalue weighted by Gasteiger charge is -2.13. The zero-order chi connectivity index (χ0) is 21.3. The molecule has 0 saturated heterocycles. The summed E-state index contributed by atoms with van der Waals surface area (Å²) in [4.78, 5) is 25.2. The van der Waals surface area contributed by atoms with Crippen LogP contribution in [-0.2, 0) is 13.6 Å². The van der Waals surface area contributed by atoms with Crippen molar-refractivity contribution >= 4 is 16.8 Å². The van der Waals surface area contributed by atoms with Crippen LogP contribution in [0, 0.1) is 5.82 Å². The molecule has 1 heterocycles. The number of carbonyl (C=O) groups excluding carboxylic acids is 1. The Morgan fingerprint density at radius 3 is 2.47 bits per heavy atom. The zero-order valence-electron chi connectivity index (χ0n) is 16.2. The van der Waals surface area contributed by atoms with Crippen molar-refractivity contribution < 1.29 is 14.3 Å². The Hall–Kier alpha value is -3.93. The van der Waals surface area contributed by atoms with Crippen LogP contribution in [0.4, 0.5) is 4.39 Å². The van der Waals surface area contributed by atoms with E-state index in [4.69, 9.17) is 0 Å². The van der Waals surface area contributed by atoms with E-state index in [9.17, 15) is 19.1 Å². The number of aromatic hydroxyl groups is 1. The molecule has 4 rings (SSSR count). The molecule has 30 heavy (non-hydrogen) atoms. The Bertz CT molecular complexity index is 1310. The zero-order valence-corrected chi connectivity index (χ0v) is 16.2. The summed E-state index contributed by atoms with van der Waals surface area (Å²) in [6.07, 6.45) is 0. The number of benzene rings is 3. The van der Waals surface area contributed by atoms with Crippen LogP contribution in [0.25, 0.3) is 22.0 Å². The third-order valence-electron chi connectivity index (χ3n) is 5.10. The first-order valence-corrected chi connectivity index (χ1v) is 9.40. The minimum atomic E-state index is -0.670. The number of nitrogens with zero attached hydrogens (tertiary/aromatic N) is 1. The molecule has 1 aromatic heterocycles. The molecule has 0 bridgehead atoms. The first-order chi connectivity index (χ1) is 14.5. The molecule has 0 radical (unpaired) electrons. The fraction of sp³-hybridized carbons (Fsp3) is 0.0833. The van der Waals surface area contributed by atoms with Crippen molar-refractivity contribution in [3.8, 4) is 16.9 Å². The highest BCUT2D eigenvalue weighted by molar-refractivity contribution is 6.08. The molecular weight excluding hydrogens is 383 g/mol. The van der Waals surface area contributed by atoms with E-state index < -0.39 is 23.0 Å². The minimum absolute atomic E-state index is 0.0890. The molecule has 0 aliphatic rings. The molecular formula is C24H19FN2O3. The van der Waals surface area contributed by atoms with Crippen molar-refractivity contribution in [3.63, 3.8) is 0 Å². The lowest BCUT2D eigenvalue weighted by atomic mass is 10.0. The molecule has 0 saturated carbocycles. The Kier molecular flexibility index (Phi) is 5.06. The van der Waals surface area contributed by atoms with E-state index in [2.05, 4.69) is 5.32 Å². The van der Waals surface area contributed by atoms with E-state index >= 15 is 0 Å². The van der Waals surface area contributed by atoms with Gasteiger partial charge in [-0.25, -0.2) is 4.39 Å². The summed E-state index contributed by atoms with van der Waals surface area (Å²) < 4.78 is 15.6. The van der Waals surface area contributed by atoms with Crippen LogP contribution in [0.1, 0.15) is 15.9 Å². The van der Waals surface area contributed by atoms with Crippen molar-refractivity contribution in [1.29, 1.82) is 0 Å². The number of fused-ring (bicyclic) bond motifs is 1. The second-order valence-corrected chi connectivity index (χ2v) is 6.96. The fourth-order valence-corrected chi connectivity index (χ4v) is 3.49. The van der Waals surface area contributed by atoms with Crippen LogP contribution in [0.5, 0.6) is 5.75 Å². The van der Waals surface area contributed by atoms with Crippen molar-refractivity contribution in [2.45, 2.75) is 6.54 Å². The number of amides is 1. The topological polar surface area (TPSA) is 71.3 Å². The highest BCUT2D eigenvalue weighted by atomic mass is 19.1. The Labute approximate surface area is 172 Å². The number of hydrogen-bond donors (Lipinski definition) is 2. The summed E-state index contributed by atoms with van der Waals surface area (Å²) in [5.74, 6) is -1.73. The number of pyridine rings is 1. The summed E-state index contributed by atoms with van der Waals surface area (Å²) in [5.41, 5.74) is 1.79. The number of rotatable bonds is 4. The lowest BCUT2D eigenvalue weighted by Crippen LogP contribution is -2.27. The first kappa shape index (κ1) is 19.4. The van der Waals surface area contributed by atoms with Crippen LogP contribution >= 0.6 is 0 Å². The molecule has 3 aromatic carbocycles. The van der Waals surface area contributed by atoms with E-state index in [1.807, 2.05) is 30.3 Å². The van der Waals surface area contributed by atoms with Crippen LogP contribution in [-0.4, -0.2) is 15.6 Å². The molecule has 1 amide bonds. The molecule has 0 unspecified atom stereocenters. The predicted molar refractivity (Wildman–Crippen MR) is 114 cm³/mol. The van der Waals surface area contributed by atoms with Gasteiger partial charge in [-0.05, 0) is 29.3 Å². The van der Waals surface area contributed by atoms with Crippen LogP contribution in [0.3, 0.4) is 0 Å². The summed E-state index contributed by atoms with van der Waals surface area (Å²) in [5, 5.41) is 13.4. The van der Waals surface area contributed by atoms with E-state index in [0.717, 1.165) is 11.1 Å². The number of aryl methyl sites for hydroxylation is 1. The summed E-state index contributed by atoms with van der Waals surface area (Å²) >= 11 is 0. The normalized spacial score (nSPS) is 10.9. The number of nitrogens with one attached hydrogen (secondary N) is 1. The summed E-state index contributed by atoms with van der Waals surface area (Å²) in [6.45, 7) is -0.0890. The number of carbonyl (C=O) groups is 1. The van der Waals surface area contributed by atoms with Crippen molar-refractivity contribution in [2.75, 3.05) is 0 Å². The maximum absolute atomic E-state index is 14.3. The molecule has 150 valence electrons. The minimum Gasteiger partial charge on any atom is -0.502 e. The fourth-order valence-electron chi connectivity index (χ4n) is 3.49. The van der Waals surface area contributed by atoms with Gasteiger partial charge in [-0.1, -0.05) is 54.6 Å². The van der Waals surface area contributed by atoms with Gasteiger partial charge in [0.25, 0.3) is 11.5 Å². The molecule has 0 atom stereocenters. The van der Waals surface area contributed by atoms with Gasteiger partial charge in [0, 0.05) is 24.5 Å². The quantitative estimate of drug-likeness (QED) is 0.542. The van der Waals surface area contributed by atoms with Crippen molar-refractivity contribution in [2.24, 2.45) is 7.05 Å². The lowest BCUT2D eigenvalue weighted by molar-refractivity contribution is 0.0949. The van der Waals surface area contributed by atoms with Gasteiger partial charge < -0.3 is 15.0 Å². The molecule has 0 spiro atoms. The van der Waals surface area contributed by atoms with E-state index in [1.54, 1.807) is 36.4 Å². The average Bonchev–Trinajstić information content (AvgIpc) is 2.78. The molecule has 2 N–H and O–H groups in total. The summed E-state index contributed by atoms with van der Waals surface area (Å²) in [6, 6.07) is 21.0. The predicted octanol–water partition coefficient (Wildman–Crippen LogP) is 3.98. The number of halogens is 1. The Morgan fingerprint density at radius 1 is 1.00 bits per heavy atom. The number of aromatic nitrogens is 1. The van der Waals surface area contributed by atoms with Gasteiger partial charge in [-0.2, -0.15) is 0 Å². The Balaban J connectivity index is 1.66. The largest absolute Gasteiger partial charge is 0.502 e. The molecule has 4 aromatic rings. The third kappa shape index (κ3) is 3.43. The van der Waals surface area contributed by atoms with E-state index in [-0.39, 0.29) is 12.1 Å². The SMILES string of the molecule is Cn1c(=O)c(O)c(C(=O)NCc2cc(-c3ccccc3)ccc2F)c2ccccc21. The van der Waals surface area contributed by atoms with Crippen LogP contribution in [0.2, 0.25) is 0 Å². The highest BCUT2D eigenvalue weighted by Crippen LogP contribution is 2.25. The first-order valence-electron chi connectivity index (χ1n) is 9.40. The average molecular weight is 402 g/mol. The van der Waals surface area contributed by atoms with E-state index in [1.165, 1.54) is 17.7 Å². The van der Waals surface area contributed by atoms with Gasteiger partial charge in [-0.15, -0.1) is 0 Å². The third-order valence-corrected chi connectivity index (χ3v) is 5.10. The maximum Gasteiger partial charge on any atom is 0.293 e. The molecule has 0 aliphatic carbocycles. The smallest absolute Gasteiger partial charge is 0.293 e. The summed E-state index contributed by atoms with van der Waals surface area (Å²) in [7, 11) is 1.52. The van der Waals surface area contributed by atoms with E-state index in [0.29, 0.717) is 16.5 Å². The van der Waals surface area contributed by atoms with Crippen LogP contribution in [0.15, 0.2) is 77.6 Å². The Morgan fingerprint density at radius 2 is 1.70 bits per heavy atom. The van der Waals surface area contributed by atoms with Gasteiger partial charge in [0.2, 0.25) is 0 Å². The van der Waals surface area contributed by atoms with Crippen molar-refractivity contribution in [3.05, 3.63) is 100 Å². The van der Waals surface area contributed by atoms with Gasteiger partial charge in [0.15, 0.2) is 5.75 Å². The maximum atomic E-state index is 14.3. The van der Waals surface area contributed by atoms with Crippen molar-refractivity contribution in [1.82, 2.24) is 9.88 Å². The van der Waals surface area contributed by atoms with Gasteiger partial charge in [0.05, 0.1) is 11.1 Å². The second kappa shape index (κ2) is 7.83. The molecule has 5 nitrogen and oxygen atoms in total. The number of para-hydroxylation sites is 1. The standard InChI is InChI=1S/C24H19FN2O3/c1-27-20-10-6-5-9-18(20)21(22(28)24(27)30)23(29)26-14-17-13-16(11-12-19(17)25)15-7-3-2-4-8-15/h2-13,28H,14H2,1H3,(H,26,29). The molecule has 0 aliphatic heterocycles. The van der Waals surface area contributed by atoms with Gasteiger partial charge in [0.1, 0.15) is 5.82 Å². The highest BCUT2D eigenvalue weighted by Gasteiger charge is 2.20. The monoisotopic (exact) mass is 402 g/mol. The van der Waals surface area contributed by atoms with Crippen LogP contribution < -0.4 is 10.9 Å². The number of hydrogen-bond acceptors (Lipinski definition) is 3. The molecule has 6 heteroatoms. The molecule has 0 fully saturated rings. The van der Waals surface area contributed by atoms with Gasteiger partial charge in [-0.3, -0.25) is 9.59 Å².